The summed E-state index contributed by atoms with van der Waals surface area (Å²) in [5.41, 5.74) is 1.05. The average molecular weight is 325 g/mol. The maximum absolute atomic E-state index is 12.7. The summed E-state index contributed by atoms with van der Waals surface area (Å²) in [6.45, 7) is 0. The summed E-state index contributed by atoms with van der Waals surface area (Å²) < 4.78 is 5.27. The molecule has 0 fully saturated rings. The number of hydrogen-bond donors (Lipinski definition) is 1. The smallest absolute Gasteiger partial charge is 0.305 e. The lowest BCUT2D eigenvalue weighted by Crippen LogP contribution is -2.35. The highest BCUT2D eigenvalue weighted by Gasteiger charge is 2.41. The van der Waals surface area contributed by atoms with Gasteiger partial charge in [0.25, 0.3) is 11.8 Å². The van der Waals surface area contributed by atoms with Crippen molar-refractivity contribution in [2.75, 3.05) is 7.11 Å². The van der Waals surface area contributed by atoms with Crippen molar-refractivity contribution in [1.29, 1.82) is 0 Å². The zero-order valence-corrected chi connectivity index (χ0v) is 12.9. The van der Waals surface area contributed by atoms with Crippen molar-refractivity contribution in [3.8, 4) is 5.75 Å². The molecule has 0 saturated carbocycles. The number of rotatable bonds is 5. The lowest BCUT2D eigenvalue weighted by atomic mass is 10.0. The summed E-state index contributed by atoms with van der Waals surface area (Å²) in [5, 5.41) is 9.27. The van der Waals surface area contributed by atoms with Gasteiger partial charge in [0.05, 0.1) is 30.7 Å². The van der Waals surface area contributed by atoms with Gasteiger partial charge in [-0.1, -0.05) is 30.3 Å². The molecule has 1 heterocycles. The van der Waals surface area contributed by atoms with Crippen LogP contribution in [0.2, 0.25) is 0 Å². The van der Waals surface area contributed by atoms with Crippen molar-refractivity contribution >= 4 is 17.8 Å². The molecule has 0 aromatic heterocycles. The van der Waals surface area contributed by atoms with Crippen LogP contribution in [0.1, 0.15) is 38.7 Å². The highest BCUT2D eigenvalue weighted by molar-refractivity contribution is 6.21. The van der Waals surface area contributed by atoms with Crippen LogP contribution in [0.25, 0.3) is 0 Å². The van der Waals surface area contributed by atoms with Crippen molar-refractivity contribution in [3.05, 3.63) is 65.2 Å². The molecular weight excluding hydrogens is 310 g/mol. The fourth-order valence-corrected chi connectivity index (χ4v) is 2.94. The minimum Gasteiger partial charge on any atom is -0.496 e. The Balaban J connectivity index is 2.10. The number of fused-ring (bicyclic) bond motifs is 1. The fourth-order valence-electron chi connectivity index (χ4n) is 2.94. The van der Waals surface area contributed by atoms with Gasteiger partial charge in [-0.3, -0.25) is 19.3 Å². The fraction of sp³-hybridized carbons (Fsp3) is 0.167. The highest BCUT2D eigenvalue weighted by atomic mass is 16.5. The molecule has 24 heavy (non-hydrogen) atoms. The average Bonchev–Trinajstić information content (AvgIpc) is 2.84. The zero-order chi connectivity index (χ0) is 17.3. The van der Waals surface area contributed by atoms with Gasteiger partial charge >= 0.3 is 5.97 Å². The molecule has 1 aliphatic rings. The quantitative estimate of drug-likeness (QED) is 0.854. The van der Waals surface area contributed by atoms with Crippen LogP contribution >= 0.6 is 0 Å². The minimum absolute atomic E-state index is 0.285. The first-order chi connectivity index (χ1) is 11.5. The Bertz CT molecular complexity index is 795. The van der Waals surface area contributed by atoms with E-state index < -0.39 is 30.2 Å². The number of aliphatic carboxylic acids is 1. The predicted octanol–water partition coefficient (Wildman–Crippen LogP) is 2.51. The Morgan fingerprint density at radius 1 is 1.04 bits per heavy atom. The van der Waals surface area contributed by atoms with Crippen LogP contribution in [0.15, 0.2) is 48.5 Å². The van der Waals surface area contributed by atoms with E-state index in [2.05, 4.69) is 0 Å². The standard InChI is InChI=1S/C18H15NO5/c1-24-15-9-5-4-8-13(15)14(10-16(20)21)19-17(22)11-6-2-3-7-12(11)18(19)23/h2-9,14H,10H2,1H3,(H,20,21). The summed E-state index contributed by atoms with van der Waals surface area (Å²) in [7, 11) is 1.46. The van der Waals surface area contributed by atoms with Crippen molar-refractivity contribution in [2.45, 2.75) is 12.5 Å². The van der Waals surface area contributed by atoms with E-state index in [1.54, 1.807) is 48.5 Å². The molecule has 1 unspecified atom stereocenters. The molecule has 2 amide bonds. The van der Waals surface area contributed by atoms with Gasteiger partial charge in [0.2, 0.25) is 0 Å². The zero-order valence-electron chi connectivity index (χ0n) is 12.9. The van der Waals surface area contributed by atoms with Crippen molar-refractivity contribution in [2.24, 2.45) is 0 Å². The van der Waals surface area contributed by atoms with E-state index in [-0.39, 0.29) is 11.1 Å². The van der Waals surface area contributed by atoms with Gasteiger partial charge in [0, 0.05) is 5.56 Å². The number of carbonyl (C=O) groups excluding carboxylic acids is 2. The number of benzene rings is 2. The van der Waals surface area contributed by atoms with E-state index >= 15 is 0 Å². The number of carboxylic acid groups (broad SMARTS) is 1. The van der Waals surface area contributed by atoms with Gasteiger partial charge in [-0.25, -0.2) is 0 Å². The Hall–Kier alpha value is -3.15. The number of para-hydroxylation sites is 1. The topological polar surface area (TPSA) is 83.9 Å². The second kappa shape index (κ2) is 6.16. The molecule has 0 saturated heterocycles. The predicted molar refractivity (Wildman–Crippen MR) is 84.9 cm³/mol. The van der Waals surface area contributed by atoms with Crippen LogP contribution in [0.4, 0.5) is 0 Å². The van der Waals surface area contributed by atoms with E-state index in [4.69, 9.17) is 4.74 Å². The second-order valence-electron chi connectivity index (χ2n) is 5.38. The molecule has 1 aliphatic heterocycles. The van der Waals surface area contributed by atoms with Crippen LogP contribution in [0.3, 0.4) is 0 Å². The first-order valence-corrected chi connectivity index (χ1v) is 7.36. The van der Waals surface area contributed by atoms with Crippen molar-refractivity contribution < 1.29 is 24.2 Å². The van der Waals surface area contributed by atoms with E-state index in [9.17, 15) is 19.5 Å². The SMILES string of the molecule is COc1ccccc1C(CC(=O)O)N1C(=O)c2ccccc2C1=O. The molecule has 0 bridgehead atoms. The number of imide groups is 1. The number of nitrogens with zero attached hydrogens (tertiary/aromatic N) is 1. The van der Waals surface area contributed by atoms with Gasteiger partial charge in [-0.2, -0.15) is 0 Å². The van der Waals surface area contributed by atoms with E-state index in [0.717, 1.165) is 4.90 Å². The molecule has 6 nitrogen and oxygen atoms in total. The lowest BCUT2D eigenvalue weighted by molar-refractivity contribution is -0.138. The lowest BCUT2D eigenvalue weighted by Gasteiger charge is -2.26. The van der Waals surface area contributed by atoms with Gasteiger partial charge in [-0.15, -0.1) is 0 Å². The number of carbonyl (C=O) groups is 3. The van der Waals surface area contributed by atoms with Crippen LogP contribution in [0.5, 0.6) is 5.75 Å². The highest BCUT2D eigenvalue weighted by Crippen LogP contribution is 2.37. The summed E-state index contributed by atoms with van der Waals surface area (Å²) in [6.07, 6.45) is -0.397. The van der Waals surface area contributed by atoms with Crippen LogP contribution in [0, 0.1) is 0 Å². The second-order valence-corrected chi connectivity index (χ2v) is 5.38. The summed E-state index contributed by atoms with van der Waals surface area (Å²) in [6, 6.07) is 12.3. The Kier molecular flexibility index (Phi) is 4.04. The van der Waals surface area contributed by atoms with Crippen LogP contribution in [-0.2, 0) is 4.79 Å². The van der Waals surface area contributed by atoms with E-state index in [1.165, 1.54) is 7.11 Å². The monoisotopic (exact) mass is 325 g/mol. The molecule has 2 aromatic rings. The van der Waals surface area contributed by atoms with Crippen LogP contribution in [-0.4, -0.2) is 34.9 Å². The third-order valence-corrected chi connectivity index (χ3v) is 4.00. The van der Waals surface area contributed by atoms with Gasteiger partial charge in [-0.05, 0) is 18.2 Å². The normalized spacial score (nSPS) is 14.5. The van der Waals surface area contributed by atoms with E-state index in [1.807, 2.05) is 0 Å². The minimum atomic E-state index is -1.11. The number of carboxylic acids is 1. The molecule has 0 aliphatic carbocycles. The van der Waals surface area contributed by atoms with Crippen molar-refractivity contribution in [1.82, 2.24) is 4.90 Å². The maximum atomic E-state index is 12.7. The van der Waals surface area contributed by atoms with E-state index in [0.29, 0.717) is 11.3 Å². The first kappa shape index (κ1) is 15.7. The molecule has 0 spiro atoms. The summed E-state index contributed by atoms with van der Waals surface area (Å²) in [4.78, 5) is 37.7. The Labute approximate surface area is 138 Å². The first-order valence-electron chi connectivity index (χ1n) is 7.36. The molecule has 0 radical (unpaired) electrons. The molecular formula is C18H15NO5. The molecule has 3 rings (SSSR count). The third-order valence-electron chi connectivity index (χ3n) is 4.00. The Morgan fingerprint density at radius 3 is 2.12 bits per heavy atom. The molecule has 1 N–H and O–H groups in total. The van der Waals surface area contributed by atoms with Gasteiger partial charge in [0.15, 0.2) is 0 Å². The van der Waals surface area contributed by atoms with Gasteiger partial charge < -0.3 is 9.84 Å². The molecule has 1 atom stereocenters. The number of ether oxygens (including phenoxy) is 1. The summed E-state index contributed by atoms with van der Waals surface area (Å²) >= 11 is 0. The van der Waals surface area contributed by atoms with Crippen molar-refractivity contribution in [3.63, 3.8) is 0 Å². The van der Waals surface area contributed by atoms with Crippen LogP contribution < -0.4 is 4.74 Å². The number of amides is 2. The number of methoxy groups -OCH3 is 1. The molecule has 2 aromatic carbocycles. The summed E-state index contributed by atoms with van der Waals surface area (Å²) in [5.74, 6) is -1.66. The Morgan fingerprint density at radius 2 is 1.58 bits per heavy atom. The number of hydrogen-bond acceptors (Lipinski definition) is 4. The van der Waals surface area contributed by atoms with Gasteiger partial charge in [0.1, 0.15) is 5.75 Å². The largest absolute Gasteiger partial charge is 0.496 e. The molecule has 122 valence electrons. The third kappa shape index (κ3) is 2.52. The maximum Gasteiger partial charge on any atom is 0.305 e. The molecule has 6 heteroatoms.